The first-order chi connectivity index (χ1) is 10.6. The van der Waals surface area contributed by atoms with E-state index in [9.17, 15) is 4.79 Å². The second-order valence-electron chi connectivity index (χ2n) is 5.87. The van der Waals surface area contributed by atoms with Crippen molar-refractivity contribution in [1.82, 2.24) is 14.5 Å². The van der Waals surface area contributed by atoms with Gasteiger partial charge in [0.05, 0.1) is 5.69 Å². The van der Waals surface area contributed by atoms with Crippen molar-refractivity contribution in [3.8, 4) is 0 Å². The molecule has 0 unspecified atom stereocenters. The Kier molecular flexibility index (Phi) is 4.59. The molecule has 0 spiro atoms. The lowest BCUT2D eigenvalue weighted by Gasteiger charge is -2.21. The SMILES string of the molecule is Cc1csc(N2CCCN(Cc3ccn(C)c(=O)c3)CC2)n1. The third kappa shape index (κ3) is 3.56. The fourth-order valence-electron chi connectivity index (χ4n) is 2.75. The summed E-state index contributed by atoms with van der Waals surface area (Å²) < 4.78 is 1.61. The molecule has 0 aliphatic carbocycles. The Hall–Kier alpha value is -1.66. The predicted octanol–water partition coefficient (Wildman–Crippen LogP) is 1.86. The molecule has 0 saturated carbocycles. The van der Waals surface area contributed by atoms with Crippen molar-refractivity contribution in [2.75, 3.05) is 31.1 Å². The van der Waals surface area contributed by atoms with E-state index in [1.54, 1.807) is 29.0 Å². The van der Waals surface area contributed by atoms with Gasteiger partial charge in [-0.05, 0) is 25.0 Å². The maximum atomic E-state index is 11.7. The minimum Gasteiger partial charge on any atom is -0.347 e. The minimum absolute atomic E-state index is 0.0622. The van der Waals surface area contributed by atoms with E-state index in [2.05, 4.69) is 20.2 Å². The van der Waals surface area contributed by atoms with E-state index in [-0.39, 0.29) is 5.56 Å². The largest absolute Gasteiger partial charge is 0.347 e. The molecule has 1 saturated heterocycles. The fourth-order valence-corrected chi connectivity index (χ4v) is 3.61. The van der Waals surface area contributed by atoms with E-state index >= 15 is 0 Å². The molecular formula is C16H22N4OS. The number of nitrogens with zero attached hydrogens (tertiary/aromatic N) is 4. The van der Waals surface area contributed by atoms with Crippen LogP contribution in [-0.2, 0) is 13.6 Å². The molecule has 22 heavy (non-hydrogen) atoms. The first-order valence-corrected chi connectivity index (χ1v) is 8.55. The molecule has 0 atom stereocenters. The zero-order valence-corrected chi connectivity index (χ0v) is 14.0. The van der Waals surface area contributed by atoms with E-state index in [0.717, 1.165) is 55.5 Å². The molecule has 2 aromatic heterocycles. The molecular weight excluding hydrogens is 296 g/mol. The molecule has 6 heteroatoms. The average molecular weight is 318 g/mol. The highest BCUT2D eigenvalue weighted by Crippen LogP contribution is 2.21. The van der Waals surface area contributed by atoms with Gasteiger partial charge in [0, 0.05) is 57.4 Å². The van der Waals surface area contributed by atoms with Gasteiger partial charge in [-0.25, -0.2) is 4.98 Å². The fraction of sp³-hybridized carbons (Fsp3) is 0.500. The van der Waals surface area contributed by atoms with Crippen LogP contribution in [-0.4, -0.2) is 40.6 Å². The minimum atomic E-state index is 0.0622. The van der Waals surface area contributed by atoms with Crippen LogP contribution in [0.3, 0.4) is 0 Å². The molecule has 0 amide bonds. The lowest BCUT2D eigenvalue weighted by molar-refractivity contribution is 0.285. The number of thiazole rings is 1. The van der Waals surface area contributed by atoms with Crippen LogP contribution in [0, 0.1) is 6.92 Å². The van der Waals surface area contributed by atoms with Crippen molar-refractivity contribution in [2.24, 2.45) is 7.05 Å². The zero-order chi connectivity index (χ0) is 15.5. The summed E-state index contributed by atoms with van der Waals surface area (Å²) in [5, 5.41) is 3.24. The molecule has 1 aliphatic heterocycles. The Morgan fingerprint density at radius 3 is 2.86 bits per heavy atom. The smallest absolute Gasteiger partial charge is 0.250 e. The Balaban J connectivity index is 1.62. The quantitative estimate of drug-likeness (QED) is 0.866. The molecule has 118 valence electrons. The lowest BCUT2D eigenvalue weighted by atomic mass is 10.2. The maximum absolute atomic E-state index is 11.7. The Morgan fingerprint density at radius 2 is 2.14 bits per heavy atom. The third-order valence-corrected chi connectivity index (χ3v) is 5.06. The van der Waals surface area contributed by atoms with Crippen LogP contribution >= 0.6 is 11.3 Å². The highest BCUT2D eigenvalue weighted by atomic mass is 32.1. The van der Waals surface area contributed by atoms with Crippen LogP contribution in [0.4, 0.5) is 5.13 Å². The molecule has 0 N–H and O–H groups in total. The highest BCUT2D eigenvalue weighted by molar-refractivity contribution is 7.13. The lowest BCUT2D eigenvalue weighted by Crippen LogP contribution is -2.30. The van der Waals surface area contributed by atoms with Gasteiger partial charge < -0.3 is 9.47 Å². The number of rotatable bonds is 3. The summed E-state index contributed by atoms with van der Waals surface area (Å²) in [6.45, 7) is 7.02. The van der Waals surface area contributed by atoms with Gasteiger partial charge in [-0.15, -0.1) is 11.3 Å². The van der Waals surface area contributed by atoms with Crippen LogP contribution in [0.1, 0.15) is 17.7 Å². The van der Waals surface area contributed by atoms with E-state index in [0.29, 0.717) is 0 Å². The van der Waals surface area contributed by atoms with Gasteiger partial charge >= 0.3 is 0 Å². The van der Waals surface area contributed by atoms with Gasteiger partial charge in [0.25, 0.3) is 5.56 Å². The van der Waals surface area contributed by atoms with Crippen molar-refractivity contribution >= 4 is 16.5 Å². The second kappa shape index (κ2) is 6.62. The van der Waals surface area contributed by atoms with E-state index < -0.39 is 0 Å². The molecule has 3 heterocycles. The van der Waals surface area contributed by atoms with Gasteiger partial charge in [-0.3, -0.25) is 9.69 Å². The Morgan fingerprint density at radius 1 is 1.27 bits per heavy atom. The van der Waals surface area contributed by atoms with Gasteiger partial charge in [0.15, 0.2) is 5.13 Å². The van der Waals surface area contributed by atoms with Gasteiger partial charge in [0.1, 0.15) is 0 Å². The summed E-state index contributed by atoms with van der Waals surface area (Å²) in [6, 6.07) is 3.78. The van der Waals surface area contributed by atoms with Crippen molar-refractivity contribution in [3.63, 3.8) is 0 Å². The Bertz CT molecular complexity index is 693. The van der Waals surface area contributed by atoms with Crippen molar-refractivity contribution in [1.29, 1.82) is 0 Å². The monoisotopic (exact) mass is 318 g/mol. The van der Waals surface area contributed by atoms with E-state index in [1.807, 2.05) is 19.2 Å². The van der Waals surface area contributed by atoms with Crippen LogP contribution in [0.25, 0.3) is 0 Å². The van der Waals surface area contributed by atoms with Crippen molar-refractivity contribution in [3.05, 3.63) is 45.3 Å². The standard InChI is InChI=1S/C16H22N4OS/c1-13-12-22-16(17-13)20-6-3-5-19(8-9-20)11-14-4-7-18(2)15(21)10-14/h4,7,10,12H,3,5-6,8-9,11H2,1-2H3. The molecule has 2 aromatic rings. The summed E-state index contributed by atoms with van der Waals surface area (Å²) in [4.78, 5) is 21.1. The Labute approximate surface area is 134 Å². The van der Waals surface area contributed by atoms with Crippen LogP contribution in [0.15, 0.2) is 28.5 Å². The van der Waals surface area contributed by atoms with E-state index in [1.165, 1.54) is 0 Å². The predicted molar refractivity (Wildman–Crippen MR) is 90.6 cm³/mol. The highest BCUT2D eigenvalue weighted by Gasteiger charge is 2.17. The van der Waals surface area contributed by atoms with Gasteiger partial charge in [-0.1, -0.05) is 0 Å². The first-order valence-electron chi connectivity index (χ1n) is 7.67. The zero-order valence-electron chi connectivity index (χ0n) is 13.2. The van der Waals surface area contributed by atoms with Crippen LogP contribution < -0.4 is 10.5 Å². The molecule has 0 radical (unpaired) electrons. The van der Waals surface area contributed by atoms with Crippen LogP contribution in [0.2, 0.25) is 0 Å². The number of hydrogen-bond donors (Lipinski definition) is 0. The molecule has 1 aliphatic rings. The third-order valence-electron chi connectivity index (χ3n) is 4.04. The van der Waals surface area contributed by atoms with Gasteiger partial charge in [0.2, 0.25) is 0 Å². The second-order valence-corrected chi connectivity index (χ2v) is 6.71. The summed E-state index contributed by atoms with van der Waals surface area (Å²) in [5.41, 5.74) is 2.26. The summed E-state index contributed by atoms with van der Waals surface area (Å²) in [6.07, 6.45) is 2.98. The van der Waals surface area contributed by atoms with Crippen molar-refractivity contribution in [2.45, 2.75) is 19.9 Å². The maximum Gasteiger partial charge on any atom is 0.250 e. The average Bonchev–Trinajstić information content (AvgIpc) is 2.79. The number of hydrogen-bond acceptors (Lipinski definition) is 5. The summed E-state index contributed by atoms with van der Waals surface area (Å²) in [7, 11) is 1.78. The first kappa shape index (κ1) is 15.2. The van der Waals surface area contributed by atoms with E-state index in [4.69, 9.17) is 0 Å². The molecule has 5 nitrogen and oxygen atoms in total. The van der Waals surface area contributed by atoms with Gasteiger partial charge in [-0.2, -0.15) is 0 Å². The molecule has 1 fully saturated rings. The normalized spacial score (nSPS) is 16.7. The molecule has 3 rings (SSSR count). The summed E-state index contributed by atoms with van der Waals surface area (Å²) >= 11 is 1.73. The number of aromatic nitrogens is 2. The molecule has 0 aromatic carbocycles. The van der Waals surface area contributed by atoms with Crippen LogP contribution in [0.5, 0.6) is 0 Å². The number of anilines is 1. The molecule has 0 bridgehead atoms. The summed E-state index contributed by atoms with van der Waals surface area (Å²) in [5.74, 6) is 0. The number of aryl methyl sites for hydroxylation is 2. The number of pyridine rings is 1. The topological polar surface area (TPSA) is 41.4 Å². The van der Waals surface area contributed by atoms with Crippen molar-refractivity contribution < 1.29 is 0 Å².